The van der Waals surface area contributed by atoms with Crippen LogP contribution in [0.1, 0.15) is 6.23 Å². The van der Waals surface area contributed by atoms with Gasteiger partial charge in [0.05, 0.1) is 25.9 Å². The van der Waals surface area contributed by atoms with Crippen LogP contribution in [0.5, 0.6) is 0 Å². The van der Waals surface area contributed by atoms with Crippen LogP contribution in [0.2, 0.25) is 0 Å². The van der Waals surface area contributed by atoms with E-state index < -0.39 is 36.8 Å². The second kappa shape index (κ2) is 8.27. The van der Waals surface area contributed by atoms with Crippen molar-refractivity contribution in [1.29, 1.82) is 0 Å². The third-order valence-electron chi connectivity index (χ3n) is 4.41. The highest BCUT2D eigenvalue weighted by molar-refractivity contribution is 8.07. The molecule has 0 bridgehead atoms. The van der Waals surface area contributed by atoms with Gasteiger partial charge in [0, 0.05) is 14.1 Å². The molecule has 3 unspecified atom stereocenters. The lowest BCUT2D eigenvalue weighted by atomic mass is 10.1. The zero-order valence-electron chi connectivity index (χ0n) is 16.2. The second-order valence-corrected chi connectivity index (χ2v) is 9.84. The van der Waals surface area contributed by atoms with Crippen molar-refractivity contribution in [3.63, 3.8) is 0 Å². The number of rotatable bonds is 6. The smallest absolute Gasteiger partial charge is 0.328 e. The Kier molecular flexibility index (Phi) is 5.86. The highest BCUT2D eigenvalue weighted by Crippen LogP contribution is 2.57. The van der Waals surface area contributed by atoms with Crippen LogP contribution >= 0.6 is 6.72 Å². The van der Waals surface area contributed by atoms with E-state index in [9.17, 15) is 9.90 Å². The van der Waals surface area contributed by atoms with Crippen molar-refractivity contribution in [2.24, 2.45) is 4.99 Å². The van der Waals surface area contributed by atoms with Gasteiger partial charge >= 0.3 is 6.72 Å². The Morgan fingerprint density at radius 2 is 2.40 bits per heavy atom. The molecule has 0 aromatic carbocycles. The third kappa shape index (κ3) is 3.97. The minimum absolute atomic E-state index is 0.0979. The molecule has 162 valence electrons. The molecular formula is C16H21N6O6PS. The van der Waals surface area contributed by atoms with Crippen molar-refractivity contribution in [2.45, 2.75) is 24.5 Å². The summed E-state index contributed by atoms with van der Waals surface area (Å²) in [6, 6.07) is 0. The summed E-state index contributed by atoms with van der Waals surface area (Å²) in [4.78, 5) is 29.2. The molecule has 0 aliphatic carbocycles. The van der Waals surface area contributed by atoms with Crippen LogP contribution in [-0.4, -0.2) is 81.5 Å². The highest BCUT2D eigenvalue weighted by atomic mass is 32.5. The minimum atomic E-state index is -3.02. The second-order valence-electron chi connectivity index (χ2n) is 6.87. The van der Waals surface area contributed by atoms with Crippen LogP contribution in [0, 0.1) is 0 Å². The van der Waals surface area contributed by atoms with Crippen LogP contribution in [0.3, 0.4) is 0 Å². The standard InChI is InChI=1S/C16H21N6O6PS/c1-4-5-25-29(30)26-6-9-12(28-29)11(23)15(27-9)22-8-17-10-13(22)19-16(20-14(10)24)18-7-21(2)3/h4,7-9,11-12,15,23H,1,5-6H2,2-3H3,(H,19,20,24)/t9-,11?,12?,15-,29?/m1/s1. The maximum absolute atomic E-state index is 12.3. The van der Waals surface area contributed by atoms with E-state index in [4.69, 9.17) is 30.1 Å². The first-order valence-corrected chi connectivity index (χ1v) is 11.6. The van der Waals surface area contributed by atoms with Gasteiger partial charge in [-0.25, -0.2) is 9.98 Å². The number of aliphatic hydroxyl groups excluding tert-OH is 1. The molecule has 0 spiro atoms. The number of imidazole rings is 1. The van der Waals surface area contributed by atoms with Crippen molar-refractivity contribution < 1.29 is 23.4 Å². The van der Waals surface area contributed by atoms with E-state index in [2.05, 4.69) is 26.5 Å². The number of nitrogens with zero attached hydrogens (tertiary/aromatic N) is 5. The molecule has 0 saturated carbocycles. The molecule has 2 aliphatic heterocycles. The Morgan fingerprint density at radius 3 is 3.13 bits per heavy atom. The molecule has 0 amide bonds. The van der Waals surface area contributed by atoms with Crippen molar-refractivity contribution >= 4 is 42.0 Å². The summed E-state index contributed by atoms with van der Waals surface area (Å²) in [7, 11) is 3.58. The quantitative estimate of drug-likeness (QED) is 0.273. The lowest BCUT2D eigenvalue weighted by molar-refractivity contribution is -0.0613. The van der Waals surface area contributed by atoms with Gasteiger partial charge in [-0.2, -0.15) is 4.98 Å². The normalized spacial score (nSPS) is 31.3. The van der Waals surface area contributed by atoms with Crippen molar-refractivity contribution in [1.82, 2.24) is 24.4 Å². The first-order valence-electron chi connectivity index (χ1n) is 9.01. The van der Waals surface area contributed by atoms with E-state index in [1.165, 1.54) is 23.3 Å². The maximum Gasteiger partial charge on any atom is 0.328 e. The molecule has 4 heterocycles. The van der Waals surface area contributed by atoms with Crippen LogP contribution in [0.25, 0.3) is 11.2 Å². The molecule has 5 atom stereocenters. The molecule has 14 heteroatoms. The number of aliphatic imine (C=N–C) groups is 1. The Morgan fingerprint density at radius 1 is 1.60 bits per heavy atom. The van der Waals surface area contributed by atoms with Gasteiger partial charge < -0.3 is 23.8 Å². The summed E-state index contributed by atoms with van der Waals surface area (Å²) in [5, 5.41) is 10.9. The number of fused-ring (bicyclic) bond motifs is 2. The predicted octanol–water partition coefficient (Wildman–Crippen LogP) is 0.442. The van der Waals surface area contributed by atoms with E-state index >= 15 is 0 Å². The number of aliphatic hydroxyl groups is 1. The monoisotopic (exact) mass is 456 g/mol. The SMILES string of the molecule is C=CCOP1(=S)OC[C@H]2O[C@@H](n3cnc4c(=O)[nH]c(N=CN(C)C)nc43)C(O)C2O1. The number of nitrogens with one attached hydrogen (secondary N) is 1. The number of aromatic amines is 1. The van der Waals surface area contributed by atoms with Gasteiger partial charge in [0.15, 0.2) is 17.4 Å². The Hall–Kier alpha value is -1.99. The predicted molar refractivity (Wildman–Crippen MR) is 111 cm³/mol. The van der Waals surface area contributed by atoms with E-state index in [0.717, 1.165) is 0 Å². The summed E-state index contributed by atoms with van der Waals surface area (Å²) < 4.78 is 24.2. The lowest BCUT2D eigenvalue weighted by Gasteiger charge is -2.33. The maximum atomic E-state index is 12.3. The number of hydrogen-bond acceptors (Lipinski definition) is 10. The van der Waals surface area contributed by atoms with Gasteiger partial charge in [-0.1, -0.05) is 6.08 Å². The van der Waals surface area contributed by atoms with Crippen LogP contribution in [0.4, 0.5) is 5.95 Å². The van der Waals surface area contributed by atoms with Gasteiger partial charge in [0.25, 0.3) is 5.56 Å². The first-order chi connectivity index (χ1) is 14.3. The fourth-order valence-electron chi connectivity index (χ4n) is 3.10. The molecule has 2 aromatic rings. The molecule has 2 aliphatic rings. The van der Waals surface area contributed by atoms with E-state index in [1.807, 2.05) is 0 Å². The molecule has 2 aromatic heterocycles. The minimum Gasteiger partial charge on any atom is -0.386 e. The lowest BCUT2D eigenvalue weighted by Crippen LogP contribution is -2.39. The molecule has 12 nitrogen and oxygen atoms in total. The van der Waals surface area contributed by atoms with Crippen molar-refractivity contribution in [3.05, 3.63) is 29.3 Å². The van der Waals surface area contributed by atoms with Gasteiger partial charge in [-0.15, -0.1) is 6.58 Å². The number of aromatic nitrogens is 4. The molecule has 4 rings (SSSR count). The van der Waals surface area contributed by atoms with Gasteiger partial charge in [0.2, 0.25) is 5.95 Å². The third-order valence-corrected chi connectivity index (χ3v) is 6.74. The average molecular weight is 456 g/mol. The number of H-pyrrole nitrogens is 1. The fourth-order valence-corrected chi connectivity index (χ4v) is 5.14. The zero-order valence-corrected chi connectivity index (χ0v) is 18.0. The largest absolute Gasteiger partial charge is 0.386 e. The molecule has 2 saturated heterocycles. The summed E-state index contributed by atoms with van der Waals surface area (Å²) in [5.41, 5.74) is -0.140. The first kappa shape index (κ1) is 21.2. The molecule has 30 heavy (non-hydrogen) atoms. The van der Waals surface area contributed by atoms with Gasteiger partial charge in [0.1, 0.15) is 18.3 Å². The summed E-state index contributed by atoms with van der Waals surface area (Å²) in [5.74, 6) is 0.0979. The Balaban J connectivity index is 1.64. The molecule has 2 fully saturated rings. The Labute approximate surface area is 176 Å². The van der Waals surface area contributed by atoms with Gasteiger partial charge in [-0.3, -0.25) is 18.9 Å². The molecular weight excluding hydrogens is 435 g/mol. The average Bonchev–Trinajstić information content (AvgIpc) is 3.26. The number of hydrogen-bond donors (Lipinski definition) is 2. The highest BCUT2D eigenvalue weighted by Gasteiger charge is 2.52. The van der Waals surface area contributed by atoms with E-state index in [-0.39, 0.29) is 30.3 Å². The topological polar surface area (TPSA) is 136 Å². The summed E-state index contributed by atoms with van der Waals surface area (Å²) in [6.45, 7) is 0.826. The fraction of sp³-hybridized carbons (Fsp3) is 0.500. The van der Waals surface area contributed by atoms with Crippen molar-refractivity contribution in [2.75, 3.05) is 27.3 Å². The number of ether oxygens (including phenoxy) is 1. The van der Waals surface area contributed by atoms with Crippen LogP contribution in [0.15, 0.2) is 28.8 Å². The van der Waals surface area contributed by atoms with Crippen molar-refractivity contribution in [3.8, 4) is 0 Å². The van der Waals surface area contributed by atoms with E-state index in [0.29, 0.717) is 0 Å². The molecule has 0 radical (unpaired) electrons. The molecule has 2 N–H and O–H groups in total. The van der Waals surface area contributed by atoms with Crippen LogP contribution < -0.4 is 5.56 Å². The summed E-state index contributed by atoms with van der Waals surface area (Å²) >= 11 is 5.33. The summed E-state index contributed by atoms with van der Waals surface area (Å²) in [6.07, 6.45) is 1.07. The Bertz CT molecular complexity index is 1090. The van der Waals surface area contributed by atoms with E-state index in [1.54, 1.807) is 19.0 Å². The van der Waals surface area contributed by atoms with Gasteiger partial charge in [-0.05, 0) is 11.8 Å². The van der Waals surface area contributed by atoms with Crippen LogP contribution in [-0.2, 0) is 30.1 Å². The zero-order chi connectivity index (χ0) is 21.5.